The molecule has 0 amide bonds. The zero-order chi connectivity index (χ0) is 23.8. The van der Waals surface area contributed by atoms with Crippen LogP contribution in [-0.4, -0.2) is 6.61 Å². The van der Waals surface area contributed by atoms with Crippen LogP contribution in [0.25, 0.3) is 0 Å². The summed E-state index contributed by atoms with van der Waals surface area (Å²) in [6, 6.07) is 8.93. The topological polar surface area (TPSA) is 9.23 Å². The number of rotatable bonds is 15. The van der Waals surface area contributed by atoms with E-state index >= 15 is 0 Å². The third-order valence-corrected chi connectivity index (χ3v) is 8.71. The summed E-state index contributed by atoms with van der Waals surface area (Å²) in [5.41, 5.74) is 1.43. The molecule has 2 aliphatic rings. The average molecular weight is 467 g/mol. The molecule has 0 radical (unpaired) electrons. The second-order valence-electron chi connectivity index (χ2n) is 11.6. The number of unbranched alkanes of at least 4 members (excludes halogenated alkanes) is 4. The highest BCUT2D eigenvalue weighted by atomic mass is 16.5. The molecule has 0 N–H and O–H groups in total. The standard InChI is InChI=1S/C33H54O/c1-3-5-7-11-28-15-17-30(18-16-28)13-9-10-14-31-23-25-33(26-24-31)34-27-32-21-19-29(20-22-32)12-8-6-4-2/h9,13,23-26,28-30,32H,3-8,10-12,14-22,27H2,1-2H3/b13-9+/t28-,29-,30-,32-. The smallest absolute Gasteiger partial charge is 0.119 e. The fourth-order valence-electron chi connectivity index (χ4n) is 6.23. The second-order valence-corrected chi connectivity index (χ2v) is 11.6. The van der Waals surface area contributed by atoms with Gasteiger partial charge in [0.05, 0.1) is 6.61 Å². The normalized spacial score (nSPS) is 25.6. The van der Waals surface area contributed by atoms with E-state index in [0.29, 0.717) is 0 Å². The van der Waals surface area contributed by atoms with Crippen molar-refractivity contribution in [2.45, 2.75) is 129 Å². The summed E-state index contributed by atoms with van der Waals surface area (Å²) in [7, 11) is 0. The van der Waals surface area contributed by atoms with Crippen LogP contribution in [0.4, 0.5) is 0 Å². The quantitative estimate of drug-likeness (QED) is 0.184. The van der Waals surface area contributed by atoms with E-state index in [4.69, 9.17) is 4.74 Å². The van der Waals surface area contributed by atoms with Gasteiger partial charge in [-0.1, -0.05) is 102 Å². The van der Waals surface area contributed by atoms with Crippen molar-refractivity contribution in [1.29, 1.82) is 0 Å². The van der Waals surface area contributed by atoms with Gasteiger partial charge in [-0.05, 0) is 92.7 Å². The van der Waals surface area contributed by atoms with E-state index in [-0.39, 0.29) is 0 Å². The Hall–Kier alpha value is -1.24. The third kappa shape index (κ3) is 10.6. The van der Waals surface area contributed by atoms with Crippen molar-refractivity contribution in [2.75, 3.05) is 6.61 Å². The van der Waals surface area contributed by atoms with Crippen molar-refractivity contribution in [1.82, 2.24) is 0 Å². The largest absolute Gasteiger partial charge is 0.493 e. The Morgan fingerprint density at radius 1 is 0.706 bits per heavy atom. The lowest BCUT2D eigenvalue weighted by molar-refractivity contribution is 0.177. The van der Waals surface area contributed by atoms with Crippen LogP contribution >= 0.6 is 0 Å². The van der Waals surface area contributed by atoms with E-state index in [1.165, 1.54) is 108 Å². The number of ether oxygens (including phenoxy) is 1. The molecule has 1 nitrogen and oxygen atoms in total. The Morgan fingerprint density at radius 2 is 1.26 bits per heavy atom. The van der Waals surface area contributed by atoms with Gasteiger partial charge in [-0.3, -0.25) is 0 Å². The van der Waals surface area contributed by atoms with Crippen LogP contribution in [-0.2, 0) is 6.42 Å². The van der Waals surface area contributed by atoms with Gasteiger partial charge in [0, 0.05) is 0 Å². The fraction of sp³-hybridized carbons (Fsp3) is 0.758. The molecule has 0 spiro atoms. The predicted molar refractivity (Wildman–Crippen MR) is 149 cm³/mol. The highest BCUT2D eigenvalue weighted by Gasteiger charge is 2.21. The molecule has 3 rings (SSSR count). The summed E-state index contributed by atoms with van der Waals surface area (Å²) in [5.74, 6) is 4.66. The average Bonchev–Trinajstić information content (AvgIpc) is 2.88. The van der Waals surface area contributed by atoms with E-state index in [9.17, 15) is 0 Å². The van der Waals surface area contributed by atoms with Crippen molar-refractivity contribution < 1.29 is 4.74 Å². The van der Waals surface area contributed by atoms with E-state index < -0.39 is 0 Å². The van der Waals surface area contributed by atoms with Crippen LogP contribution in [0.2, 0.25) is 0 Å². The molecule has 1 aromatic carbocycles. The fourth-order valence-corrected chi connectivity index (χ4v) is 6.23. The van der Waals surface area contributed by atoms with Crippen LogP contribution in [0.5, 0.6) is 5.75 Å². The van der Waals surface area contributed by atoms with E-state index in [2.05, 4.69) is 50.3 Å². The van der Waals surface area contributed by atoms with Gasteiger partial charge in [0.1, 0.15) is 5.75 Å². The minimum absolute atomic E-state index is 0.763. The van der Waals surface area contributed by atoms with Crippen LogP contribution in [0.1, 0.15) is 129 Å². The molecule has 0 atom stereocenters. The third-order valence-electron chi connectivity index (χ3n) is 8.71. The van der Waals surface area contributed by atoms with E-state index in [1.807, 2.05) is 0 Å². The first-order valence-electron chi connectivity index (χ1n) is 15.1. The van der Waals surface area contributed by atoms with Crippen molar-refractivity contribution in [3.05, 3.63) is 42.0 Å². The molecule has 1 heteroatoms. The molecule has 0 aliphatic heterocycles. The summed E-state index contributed by atoms with van der Waals surface area (Å²) in [4.78, 5) is 0. The van der Waals surface area contributed by atoms with Gasteiger partial charge in [0.15, 0.2) is 0 Å². The molecule has 1 aromatic rings. The van der Waals surface area contributed by atoms with Gasteiger partial charge in [0.25, 0.3) is 0 Å². The Labute approximate surface area is 212 Å². The minimum Gasteiger partial charge on any atom is -0.493 e. The zero-order valence-corrected chi connectivity index (χ0v) is 22.6. The van der Waals surface area contributed by atoms with Crippen LogP contribution in [0.3, 0.4) is 0 Å². The molecule has 0 aromatic heterocycles. The maximum Gasteiger partial charge on any atom is 0.119 e. The molecule has 0 saturated heterocycles. The lowest BCUT2D eigenvalue weighted by Crippen LogP contribution is -2.20. The first kappa shape index (κ1) is 27.3. The molecule has 34 heavy (non-hydrogen) atoms. The number of hydrogen-bond donors (Lipinski definition) is 0. The number of hydrogen-bond acceptors (Lipinski definition) is 1. The van der Waals surface area contributed by atoms with E-state index in [0.717, 1.165) is 48.9 Å². The van der Waals surface area contributed by atoms with Crippen molar-refractivity contribution >= 4 is 0 Å². The Morgan fingerprint density at radius 3 is 1.85 bits per heavy atom. The van der Waals surface area contributed by atoms with Crippen molar-refractivity contribution in [3.63, 3.8) is 0 Å². The number of allylic oxidation sites excluding steroid dienone is 2. The van der Waals surface area contributed by atoms with Gasteiger partial charge in [-0.15, -0.1) is 0 Å². The Balaban J connectivity index is 1.25. The summed E-state index contributed by atoms with van der Waals surface area (Å²) in [6.07, 6.45) is 30.0. The molecule has 192 valence electrons. The van der Waals surface area contributed by atoms with Crippen molar-refractivity contribution in [2.24, 2.45) is 23.7 Å². The molecule has 0 unspecified atom stereocenters. The maximum atomic E-state index is 6.16. The van der Waals surface area contributed by atoms with Crippen LogP contribution < -0.4 is 4.74 Å². The highest BCUT2D eigenvalue weighted by molar-refractivity contribution is 5.27. The van der Waals surface area contributed by atoms with Crippen molar-refractivity contribution in [3.8, 4) is 5.75 Å². The number of benzene rings is 1. The molecular formula is C33H54O. The zero-order valence-electron chi connectivity index (χ0n) is 22.6. The predicted octanol–water partition coefficient (Wildman–Crippen LogP) is 10.3. The van der Waals surface area contributed by atoms with Gasteiger partial charge in [-0.25, -0.2) is 0 Å². The summed E-state index contributed by atoms with van der Waals surface area (Å²) < 4.78 is 6.16. The van der Waals surface area contributed by atoms with Gasteiger partial charge in [0.2, 0.25) is 0 Å². The van der Waals surface area contributed by atoms with Gasteiger partial charge in [-0.2, -0.15) is 0 Å². The molecule has 0 bridgehead atoms. The summed E-state index contributed by atoms with van der Waals surface area (Å²) in [6.45, 7) is 5.52. The monoisotopic (exact) mass is 466 g/mol. The summed E-state index contributed by atoms with van der Waals surface area (Å²) >= 11 is 0. The second kappa shape index (κ2) is 16.4. The lowest BCUT2D eigenvalue weighted by atomic mass is 9.79. The molecular weight excluding hydrogens is 412 g/mol. The first-order chi connectivity index (χ1) is 16.8. The number of aryl methyl sites for hydroxylation is 1. The Bertz CT molecular complexity index is 644. The van der Waals surface area contributed by atoms with Gasteiger partial charge >= 0.3 is 0 Å². The SMILES string of the molecule is CCCCC[C@H]1CC[C@H](/C=C/CCc2ccc(OC[C@H]3CC[C@H](CCCCC)CC3)cc2)CC1. The Kier molecular flexibility index (Phi) is 13.2. The summed E-state index contributed by atoms with van der Waals surface area (Å²) in [5, 5.41) is 0. The minimum atomic E-state index is 0.763. The first-order valence-corrected chi connectivity index (χ1v) is 15.1. The molecule has 2 aliphatic carbocycles. The van der Waals surface area contributed by atoms with E-state index in [1.54, 1.807) is 0 Å². The van der Waals surface area contributed by atoms with Gasteiger partial charge < -0.3 is 4.74 Å². The molecule has 0 heterocycles. The van der Waals surface area contributed by atoms with Crippen LogP contribution in [0, 0.1) is 23.7 Å². The maximum absolute atomic E-state index is 6.16. The van der Waals surface area contributed by atoms with Crippen LogP contribution in [0.15, 0.2) is 36.4 Å². The molecule has 2 saturated carbocycles. The highest BCUT2D eigenvalue weighted by Crippen LogP contribution is 2.33. The lowest BCUT2D eigenvalue weighted by Gasteiger charge is -2.28. The molecule has 2 fully saturated rings.